The van der Waals surface area contributed by atoms with E-state index in [0.29, 0.717) is 22.5 Å². The highest BCUT2D eigenvalue weighted by Crippen LogP contribution is 2.28. The highest BCUT2D eigenvalue weighted by Gasteiger charge is 2.27. The van der Waals surface area contributed by atoms with Crippen molar-refractivity contribution >= 4 is 45.5 Å². The number of carbonyl (C=O) groups excluding carboxylic acids is 3. The van der Waals surface area contributed by atoms with E-state index in [9.17, 15) is 18.8 Å². The molecular weight excluding hydrogens is 417 g/mol. The van der Waals surface area contributed by atoms with Crippen molar-refractivity contribution in [1.82, 2.24) is 4.90 Å². The molecule has 134 valence electrons. The van der Waals surface area contributed by atoms with Gasteiger partial charge in [-0.05, 0) is 40.5 Å². The molecule has 1 heterocycles. The Morgan fingerprint density at radius 2 is 2.20 bits per heavy atom. The van der Waals surface area contributed by atoms with E-state index in [1.165, 1.54) is 48.0 Å². The first-order chi connectivity index (χ1) is 11.9. The van der Waals surface area contributed by atoms with Gasteiger partial charge in [-0.3, -0.25) is 4.79 Å². The maximum atomic E-state index is 13.0. The lowest BCUT2D eigenvalue weighted by molar-refractivity contribution is -0.134. The third-order valence-corrected chi connectivity index (χ3v) is 4.94. The molecule has 2 rings (SSSR count). The predicted molar refractivity (Wildman–Crippen MR) is 93.3 cm³/mol. The first-order valence-electron chi connectivity index (χ1n) is 7.27. The Morgan fingerprint density at radius 1 is 1.44 bits per heavy atom. The molecule has 0 N–H and O–H groups in total. The number of halogens is 2. The van der Waals surface area contributed by atoms with Crippen molar-refractivity contribution in [1.29, 1.82) is 0 Å². The van der Waals surface area contributed by atoms with Gasteiger partial charge in [0.25, 0.3) is 0 Å². The number of hydrogen-bond acceptors (Lipinski definition) is 6. The smallest absolute Gasteiger partial charge is 0.339 e. The third-order valence-electron chi connectivity index (χ3n) is 3.26. The lowest BCUT2D eigenvalue weighted by Crippen LogP contribution is -2.27. The molecule has 0 aliphatic carbocycles. The average Bonchev–Trinajstić information content (AvgIpc) is 2.91. The van der Waals surface area contributed by atoms with Crippen molar-refractivity contribution in [2.75, 3.05) is 26.0 Å². The van der Waals surface area contributed by atoms with E-state index in [-0.39, 0.29) is 23.8 Å². The van der Waals surface area contributed by atoms with Gasteiger partial charge in [-0.15, -0.1) is 0 Å². The molecule has 0 saturated carbocycles. The average molecular weight is 432 g/mol. The molecule has 1 aromatic carbocycles. The van der Waals surface area contributed by atoms with Crippen molar-refractivity contribution in [2.24, 2.45) is 0 Å². The van der Waals surface area contributed by atoms with Crippen LogP contribution in [0, 0.1) is 5.82 Å². The van der Waals surface area contributed by atoms with Gasteiger partial charge in [0, 0.05) is 11.0 Å². The Morgan fingerprint density at radius 3 is 2.88 bits per heavy atom. The van der Waals surface area contributed by atoms with E-state index in [1.807, 2.05) is 0 Å². The molecule has 1 aliphatic heterocycles. The fourth-order valence-corrected chi connectivity index (χ4v) is 3.52. The maximum absolute atomic E-state index is 13.0. The highest BCUT2D eigenvalue weighted by molar-refractivity contribution is 9.10. The van der Waals surface area contributed by atoms with E-state index >= 15 is 0 Å². The van der Waals surface area contributed by atoms with Gasteiger partial charge < -0.3 is 14.4 Å². The number of esters is 2. The summed E-state index contributed by atoms with van der Waals surface area (Å²) in [6.07, 6.45) is 1.66. The Balaban J connectivity index is 1.85. The van der Waals surface area contributed by atoms with Gasteiger partial charge in [0.15, 0.2) is 0 Å². The Kier molecular flexibility index (Phi) is 7.01. The van der Waals surface area contributed by atoms with Crippen LogP contribution in [0.25, 0.3) is 0 Å². The third kappa shape index (κ3) is 5.30. The second kappa shape index (κ2) is 9.00. The number of hydrogen-bond donors (Lipinski definition) is 0. The number of nitrogens with zero attached hydrogens (tertiary/aromatic N) is 1. The van der Waals surface area contributed by atoms with Crippen LogP contribution in [-0.4, -0.2) is 48.8 Å². The standard InChI is InChI=1S/C16H15BrFNO5S/c1-23-15(21)8-14-19(13(20)9-25-14)5-2-6-24-16(22)11-4-3-10(18)7-12(11)17/h3-4,7-8H,2,5-6,9H2,1H3/b14-8+. The molecule has 0 atom stereocenters. The first-order valence-corrected chi connectivity index (χ1v) is 9.05. The summed E-state index contributed by atoms with van der Waals surface area (Å²) in [6, 6.07) is 3.69. The summed E-state index contributed by atoms with van der Waals surface area (Å²) in [5.74, 6) is -1.44. The van der Waals surface area contributed by atoms with E-state index in [0.717, 1.165) is 0 Å². The summed E-state index contributed by atoms with van der Waals surface area (Å²) in [5.41, 5.74) is 0.223. The van der Waals surface area contributed by atoms with Crippen LogP contribution in [0.15, 0.2) is 33.8 Å². The van der Waals surface area contributed by atoms with Crippen LogP contribution in [0.4, 0.5) is 4.39 Å². The molecule has 1 saturated heterocycles. The summed E-state index contributed by atoms with van der Waals surface area (Å²) >= 11 is 4.36. The van der Waals surface area contributed by atoms with Crippen LogP contribution in [0.5, 0.6) is 0 Å². The van der Waals surface area contributed by atoms with Crippen LogP contribution < -0.4 is 0 Å². The van der Waals surface area contributed by atoms with Crippen molar-refractivity contribution in [3.63, 3.8) is 0 Å². The molecule has 0 unspecified atom stereocenters. The summed E-state index contributed by atoms with van der Waals surface area (Å²) < 4.78 is 23.0. The molecule has 0 aromatic heterocycles. The normalized spacial score (nSPS) is 15.6. The molecule has 9 heteroatoms. The number of thioether (sulfide) groups is 1. The fourth-order valence-electron chi connectivity index (χ4n) is 2.05. The SMILES string of the molecule is COC(=O)/C=C1/SCC(=O)N1CCCOC(=O)c1ccc(F)cc1Br. The number of amides is 1. The van der Waals surface area contributed by atoms with E-state index in [4.69, 9.17) is 4.74 Å². The molecule has 1 aromatic rings. The van der Waals surface area contributed by atoms with Gasteiger partial charge in [0.2, 0.25) is 5.91 Å². The number of methoxy groups -OCH3 is 1. The zero-order chi connectivity index (χ0) is 18.4. The monoisotopic (exact) mass is 431 g/mol. The van der Waals surface area contributed by atoms with Crippen LogP contribution in [0.1, 0.15) is 16.8 Å². The lowest BCUT2D eigenvalue weighted by Gasteiger charge is -2.16. The molecule has 6 nitrogen and oxygen atoms in total. The van der Waals surface area contributed by atoms with Gasteiger partial charge in [-0.1, -0.05) is 11.8 Å². The summed E-state index contributed by atoms with van der Waals surface area (Å²) in [4.78, 5) is 36.6. The minimum Gasteiger partial charge on any atom is -0.466 e. The quantitative estimate of drug-likeness (QED) is 0.391. The molecular formula is C16H15BrFNO5S. The van der Waals surface area contributed by atoms with E-state index < -0.39 is 17.8 Å². The molecule has 25 heavy (non-hydrogen) atoms. The highest BCUT2D eigenvalue weighted by atomic mass is 79.9. The summed E-state index contributed by atoms with van der Waals surface area (Å²) in [6.45, 7) is 0.398. The van der Waals surface area contributed by atoms with Gasteiger partial charge in [-0.2, -0.15) is 0 Å². The topological polar surface area (TPSA) is 72.9 Å². The van der Waals surface area contributed by atoms with Crippen LogP contribution in [-0.2, 0) is 19.1 Å². The van der Waals surface area contributed by atoms with Gasteiger partial charge in [-0.25, -0.2) is 14.0 Å². The zero-order valence-electron chi connectivity index (χ0n) is 13.3. The Hall–Kier alpha value is -1.87. The van der Waals surface area contributed by atoms with Gasteiger partial charge in [0.05, 0.1) is 36.1 Å². The molecule has 1 amide bonds. The number of rotatable bonds is 6. The second-order valence-corrected chi connectivity index (χ2v) is 6.80. The number of benzene rings is 1. The van der Waals surface area contributed by atoms with Gasteiger partial charge >= 0.3 is 11.9 Å². The second-order valence-electron chi connectivity index (χ2n) is 4.95. The zero-order valence-corrected chi connectivity index (χ0v) is 15.7. The molecule has 0 radical (unpaired) electrons. The van der Waals surface area contributed by atoms with Crippen molar-refractivity contribution in [2.45, 2.75) is 6.42 Å². The summed E-state index contributed by atoms with van der Waals surface area (Å²) in [5, 5.41) is 0.518. The maximum Gasteiger partial charge on any atom is 0.339 e. The molecule has 1 aliphatic rings. The predicted octanol–water partition coefficient (Wildman–Crippen LogP) is 2.72. The summed E-state index contributed by atoms with van der Waals surface area (Å²) in [7, 11) is 1.26. The number of carbonyl (C=O) groups is 3. The first kappa shape index (κ1) is 19.5. The number of ether oxygens (including phenoxy) is 2. The van der Waals surface area contributed by atoms with Crippen molar-refractivity contribution in [3.05, 3.63) is 45.2 Å². The van der Waals surface area contributed by atoms with Crippen molar-refractivity contribution in [3.8, 4) is 0 Å². The van der Waals surface area contributed by atoms with E-state index in [1.54, 1.807) is 0 Å². The minimum absolute atomic E-state index is 0.0859. The van der Waals surface area contributed by atoms with Crippen LogP contribution >= 0.6 is 27.7 Å². The fraction of sp³-hybridized carbons (Fsp3) is 0.312. The lowest BCUT2D eigenvalue weighted by atomic mass is 10.2. The Bertz CT molecular complexity index is 724. The van der Waals surface area contributed by atoms with Crippen LogP contribution in [0.2, 0.25) is 0 Å². The molecule has 0 spiro atoms. The van der Waals surface area contributed by atoms with Crippen LogP contribution in [0.3, 0.4) is 0 Å². The van der Waals surface area contributed by atoms with E-state index in [2.05, 4.69) is 20.7 Å². The molecule has 1 fully saturated rings. The van der Waals surface area contributed by atoms with Crippen molar-refractivity contribution < 1.29 is 28.2 Å². The molecule has 0 bridgehead atoms. The minimum atomic E-state index is -0.584. The Labute approximate surface area is 156 Å². The largest absolute Gasteiger partial charge is 0.466 e. The van der Waals surface area contributed by atoms with Gasteiger partial charge in [0.1, 0.15) is 5.82 Å².